The van der Waals surface area contributed by atoms with Gasteiger partial charge in [0, 0.05) is 43.2 Å². The van der Waals surface area contributed by atoms with Crippen LogP contribution in [0.25, 0.3) is 10.9 Å². The molecule has 0 aliphatic rings. The summed E-state index contributed by atoms with van der Waals surface area (Å²) in [5, 5.41) is 2.10. The Balaban J connectivity index is 1.79. The van der Waals surface area contributed by atoms with Gasteiger partial charge in [0.1, 0.15) is 0 Å². The highest BCUT2D eigenvalue weighted by Crippen LogP contribution is 2.24. The highest BCUT2D eigenvalue weighted by Gasteiger charge is 2.21. The predicted molar refractivity (Wildman–Crippen MR) is 136 cm³/mol. The minimum atomic E-state index is -0.0705. The SMILES string of the molecule is CCCCN(CC(=O)N(CCc1c[nH]c2ccccc12)Cc1ccc(Cl)c(Cl)c1)C(=O)CC. The lowest BCUT2D eigenvalue weighted by Gasteiger charge is -2.28. The summed E-state index contributed by atoms with van der Waals surface area (Å²) in [5.74, 6) is -0.0678. The number of hydrogen-bond acceptors (Lipinski definition) is 2. The molecule has 0 saturated carbocycles. The number of carbonyl (C=O) groups is 2. The second kappa shape index (κ2) is 12.1. The van der Waals surface area contributed by atoms with Gasteiger partial charge < -0.3 is 14.8 Å². The maximum Gasteiger partial charge on any atom is 0.242 e. The summed E-state index contributed by atoms with van der Waals surface area (Å²) >= 11 is 12.3. The van der Waals surface area contributed by atoms with E-state index < -0.39 is 0 Å². The average Bonchev–Trinajstić information content (AvgIpc) is 3.24. The van der Waals surface area contributed by atoms with E-state index >= 15 is 0 Å². The van der Waals surface area contributed by atoms with Gasteiger partial charge in [0.25, 0.3) is 0 Å². The quantitative estimate of drug-likeness (QED) is 0.355. The monoisotopic (exact) mass is 487 g/mol. The molecule has 3 rings (SSSR count). The molecule has 176 valence electrons. The standard InChI is InChI=1S/C26H31Cl2N3O2/c1-3-5-13-30(25(32)4-2)18-26(33)31(17-19-10-11-22(27)23(28)15-19)14-12-20-16-29-24-9-7-6-8-21(20)24/h6-11,15-16,29H,3-5,12-14,17-18H2,1-2H3. The zero-order valence-electron chi connectivity index (χ0n) is 19.2. The number of halogens is 2. The van der Waals surface area contributed by atoms with Crippen molar-refractivity contribution in [1.29, 1.82) is 0 Å². The van der Waals surface area contributed by atoms with E-state index in [9.17, 15) is 9.59 Å². The summed E-state index contributed by atoms with van der Waals surface area (Å²) < 4.78 is 0. The number of aromatic amines is 1. The smallest absolute Gasteiger partial charge is 0.242 e. The lowest BCUT2D eigenvalue weighted by atomic mass is 10.1. The third kappa shape index (κ3) is 6.75. The van der Waals surface area contributed by atoms with Crippen LogP contribution in [0.2, 0.25) is 10.0 Å². The van der Waals surface area contributed by atoms with Crippen molar-refractivity contribution in [2.24, 2.45) is 0 Å². The third-order valence-corrected chi connectivity index (χ3v) is 6.54. The number of para-hydroxylation sites is 1. The molecule has 1 aromatic heterocycles. The van der Waals surface area contributed by atoms with E-state index in [2.05, 4.69) is 18.0 Å². The Morgan fingerprint density at radius 3 is 2.45 bits per heavy atom. The molecule has 2 aromatic carbocycles. The number of hydrogen-bond donors (Lipinski definition) is 1. The molecular weight excluding hydrogens is 457 g/mol. The van der Waals surface area contributed by atoms with E-state index in [1.54, 1.807) is 17.0 Å². The van der Waals surface area contributed by atoms with E-state index in [4.69, 9.17) is 23.2 Å². The molecule has 0 saturated heterocycles. The molecule has 3 aromatic rings. The van der Waals surface area contributed by atoms with Gasteiger partial charge in [-0.3, -0.25) is 9.59 Å². The van der Waals surface area contributed by atoms with Crippen LogP contribution in [0, 0.1) is 0 Å². The first-order chi connectivity index (χ1) is 15.9. The second-order valence-electron chi connectivity index (χ2n) is 8.20. The van der Waals surface area contributed by atoms with Crippen LogP contribution in [0.1, 0.15) is 44.2 Å². The van der Waals surface area contributed by atoms with Gasteiger partial charge >= 0.3 is 0 Å². The largest absolute Gasteiger partial charge is 0.361 e. The number of rotatable bonds is 11. The maximum atomic E-state index is 13.4. The molecule has 0 fully saturated rings. The minimum absolute atomic E-state index is 0.00270. The van der Waals surface area contributed by atoms with Gasteiger partial charge in [0.15, 0.2) is 0 Å². The number of amides is 2. The number of H-pyrrole nitrogens is 1. The molecule has 0 bridgehead atoms. The van der Waals surface area contributed by atoms with Gasteiger partial charge in [-0.25, -0.2) is 0 Å². The molecule has 1 heterocycles. The Morgan fingerprint density at radius 1 is 0.939 bits per heavy atom. The predicted octanol–water partition coefficient (Wildman–Crippen LogP) is 6.08. The molecule has 0 spiro atoms. The lowest BCUT2D eigenvalue weighted by Crippen LogP contribution is -2.43. The topological polar surface area (TPSA) is 56.4 Å². The van der Waals surface area contributed by atoms with E-state index in [0.717, 1.165) is 34.9 Å². The third-order valence-electron chi connectivity index (χ3n) is 5.80. The number of nitrogens with zero attached hydrogens (tertiary/aromatic N) is 2. The van der Waals surface area contributed by atoms with Crippen molar-refractivity contribution >= 4 is 45.9 Å². The Labute approximate surface area is 205 Å². The normalized spacial score (nSPS) is 11.0. The van der Waals surface area contributed by atoms with E-state index in [-0.39, 0.29) is 18.4 Å². The molecule has 1 N–H and O–H groups in total. The van der Waals surface area contributed by atoms with Crippen molar-refractivity contribution < 1.29 is 9.59 Å². The van der Waals surface area contributed by atoms with Crippen LogP contribution in [-0.2, 0) is 22.6 Å². The zero-order chi connectivity index (χ0) is 23.8. The maximum absolute atomic E-state index is 13.4. The van der Waals surface area contributed by atoms with Crippen LogP contribution in [0.5, 0.6) is 0 Å². The summed E-state index contributed by atoms with van der Waals surface area (Å²) in [5.41, 5.74) is 3.14. The van der Waals surface area contributed by atoms with Crippen LogP contribution in [-0.4, -0.2) is 46.2 Å². The molecule has 33 heavy (non-hydrogen) atoms. The number of carbonyl (C=O) groups excluding carboxylic acids is 2. The van der Waals surface area contributed by atoms with Gasteiger partial charge in [-0.2, -0.15) is 0 Å². The van der Waals surface area contributed by atoms with E-state index in [1.807, 2.05) is 42.3 Å². The van der Waals surface area contributed by atoms with Crippen LogP contribution < -0.4 is 0 Å². The molecule has 2 amide bonds. The average molecular weight is 488 g/mol. The van der Waals surface area contributed by atoms with Crippen molar-refractivity contribution in [1.82, 2.24) is 14.8 Å². The number of unbranched alkanes of at least 4 members (excludes halogenated alkanes) is 1. The fraction of sp³-hybridized carbons (Fsp3) is 0.385. The Morgan fingerprint density at radius 2 is 1.73 bits per heavy atom. The first-order valence-electron chi connectivity index (χ1n) is 11.5. The summed E-state index contributed by atoms with van der Waals surface area (Å²) in [6.45, 7) is 5.52. The minimum Gasteiger partial charge on any atom is -0.361 e. The molecule has 0 atom stereocenters. The van der Waals surface area contributed by atoms with Crippen LogP contribution in [0.4, 0.5) is 0 Å². The zero-order valence-corrected chi connectivity index (χ0v) is 20.8. The summed E-state index contributed by atoms with van der Waals surface area (Å²) in [6.07, 6.45) is 4.93. The summed E-state index contributed by atoms with van der Waals surface area (Å²) in [7, 11) is 0. The number of nitrogens with one attached hydrogen (secondary N) is 1. The van der Waals surface area contributed by atoms with Crippen LogP contribution in [0.3, 0.4) is 0 Å². The Bertz CT molecular complexity index is 1100. The molecule has 0 aliphatic carbocycles. The lowest BCUT2D eigenvalue weighted by molar-refractivity contribution is -0.140. The van der Waals surface area contributed by atoms with E-state index in [0.29, 0.717) is 42.5 Å². The second-order valence-corrected chi connectivity index (χ2v) is 9.01. The summed E-state index contributed by atoms with van der Waals surface area (Å²) in [6, 6.07) is 13.6. The molecular formula is C26H31Cl2N3O2. The first-order valence-corrected chi connectivity index (χ1v) is 12.2. The Kier molecular flexibility index (Phi) is 9.21. The van der Waals surface area contributed by atoms with Gasteiger partial charge in [0.05, 0.1) is 16.6 Å². The van der Waals surface area contributed by atoms with Crippen molar-refractivity contribution in [3.63, 3.8) is 0 Å². The molecule has 0 radical (unpaired) electrons. The van der Waals surface area contributed by atoms with Gasteiger partial charge in [0.2, 0.25) is 11.8 Å². The van der Waals surface area contributed by atoms with Crippen molar-refractivity contribution in [2.45, 2.75) is 46.1 Å². The van der Waals surface area contributed by atoms with Crippen LogP contribution in [0.15, 0.2) is 48.7 Å². The fourth-order valence-electron chi connectivity index (χ4n) is 3.87. The van der Waals surface area contributed by atoms with Crippen molar-refractivity contribution in [2.75, 3.05) is 19.6 Å². The molecule has 0 unspecified atom stereocenters. The number of fused-ring (bicyclic) bond motifs is 1. The molecule has 7 heteroatoms. The van der Waals surface area contributed by atoms with Gasteiger partial charge in [-0.1, -0.05) is 67.7 Å². The highest BCUT2D eigenvalue weighted by molar-refractivity contribution is 6.42. The fourth-order valence-corrected chi connectivity index (χ4v) is 4.19. The van der Waals surface area contributed by atoms with E-state index in [1.165, 1.54) is 0 Å². The molecule has 5 nitrogen and oxygen atoms in total. The first kappa shape index (κ1) is 25.1. The number of aromatic nitrogens is 1. The number of benzene rings is 2. The van der Waals surface area contributed by atoms with Crippen molar-refractivity contribution in [3.05, 3.63) is 69.8 Å². The summed E-state index contributed by atoms with van der Waals surface area (Å²) in [4.78, 5) is 32.6. The Hall–Kier alpha value is -2.50. The van der Waals surface area contributed by atoms with Crippen molar-refractivity contribution in [3.8, 4) is 0 Å². The van der Waals surface area contributed by atoms with Gasteiger partial charge in [-0.05, 0) is 42.2 Å². The highest BCUT2D eigenvalue weighted by atomic mass is 35.5. The van der Waals surface area contributed by atoms with Gasteiger partial charge in [-0.15, -0.1) is 0 Å². The van der Waals surface area contributed by atoms with Crippen LogP contribution >= 0.6 is 23.2 Å². The molecule has 0 aliphatic heterocycles.